The van der Waals surface area contributed by atoms with E-state index in [1.54, 1.807) is 0 Å². The van der Waals surface area contributed by atoms with Crippen LogP contribution in [0.3, 0.4) is 0 Å². The largest absolute Gasteiger partial charge is 0.298 e. The molecule has 0 radical (unpaired) electrons. The van der Waals surface area contributed by atoms with Gasteiger partial charge < -0.3 is 0 Å². The smallest absolute Gasteiger partial charge is 0.0898 e. The summed E-state index contributed by atoms with van der Waals surface area (Å²) in [4.78, 5) is 2.72. The van der Waals surface area contributed by atoms with Gasteiger partial charge in [-0.1, -0.05) is 42.5 Å². The Hall–Kier alpha value is -1.68. The van der Waals surface area contributed by atoms with E-state index >= 15 is 0 Å². The summed E-state index contributed by atoms with van der Waals surface area (Å²) >= 11 is 0. The third-order valence-corrected chi connectivity index (χ3v) is 5.92. The van der Waals surface area contributed by atoms with Crippen molar-refractivity contribution in [1.82, 2.24) is 19.9 Å². The van der Waals surface area contributed by atoms with Crippen molar-refractivity contribution in [3.63, 3.8) is 0 Å². The van der Waals surface area contributed by atoms with Crippen LogP contribution in [0.2, 0.25) is 0 Å². The molecule has 2 aliphatic rings. The fourth-order valence-electron chi connectivity index (χ4n) is 4.49. The zero-order chi connectivity index (χ0) is 15.7. The van der Waals surface area contributed by atoms with Crippen molar-refractivity contribution in [1.29, 1.82) is 0 Å². The van der Waals surface area contributed by atoms with Gasteiger partial charge in [0.25, 0.3) is 0 Å². The summed E-state index contributed by atoms with van der Waals surface area (Å²) in [6, 6.07) is 10.6. The zero-order valence-corrected chi connectivity index (χ0v) is 14.0. The molecule has 0 saturated carbocycles. The van der Waals surface area contributed by atoms with E-state index in [0.717, 1.165) is 12.2 Å². The van der Waals surface area contributed by atoms with Gasteiger partial charge in [0.15, 0.2) is 0 Å². The zero-order valence-electron chi connectivity index (χ0n) is 14.0. The van der Waals surface area contributed by atoms with Crippen LogP contribution in [0.4, 0.5) is 0 Å². The van der Waals surface area contributed by atoms with E-state index in [4.69, 9.17) is 0 Å². The van der Waals surface area contributed by atoms with Gasteiger partial charge in [-0.3, -0.25) is 9.58 Å². The summed E-state index contributed by atoms with van der Waals surface area (Å²) in [6.07, 6.45) is 8.84. The molecule has 0 unspecified atom stereocenters. The van der Waals surface area contributed by atoms with Gasteiger partial charge in [-0.2, -0.15) is 0 Å². The van der Waals surface area contributed by atoms with E-state index < -0.39 is 0 Å². The molecule has 1 aromatic heterocycles. The lowest BCUT2D eigenvalue weighted by molar-refractivity contribution is 0.172. The van der Waals surface area contributed by atoms with Gasteiger partial charge in [0, 0.05) is 24.2 Å². The van der Waals surface area contributed by atoms with Crippen LogP contribution in [0.25, 0.3) is 0 Å². The maximum absolute atomic E-state index is 4.42. The number of rotatable bonds is 5. The van der Waals surface area contributed by atoms with Crippen molar-refractivity contribution in [2.24, 2.45) is 0 Å². The lowest BCUT2D eigenvalue weighted by Crippen LogP contribution is -2.39. The van der Waals surface area contributed by atoms with Crippen LogP contribution >= 0.6 is 0 Å². The lowest BCUT2D eigenvalue weighted by Gasteiger charge is -2.31. The van der Waals surface area contributed by atoms with Crippen LogP contribution in [0.15, 0.2) is 36.5 Å². The molecule has 0 amide bonds. The molecule has 23 heavy (non-hydrogen) atoms. The van der Waals surface area contributed by atoms with Crippen LogP contribution in [0.5, 0.6) is 0 Å². The minimum absolute atomic E-state index is 0.303. The molecule has 0 aliphatic carbocycles. The van der Waals surface area contributed by atoms with E-state index in [9.17, 15) is 0 Å². The van der Waals surface area contributed by atoms with E-state index in [0.29, 0.717) is 11.5 Å². The van der Waals surface area contributed by atoms with Gasteiger partial charge in [0.2, 0.25) is 0 Å². The summed E-state index contributed by atoms with van der Waals surface area (Å²) < 4.78 is 2.05. The second-order valence-corrected chi connectivity index (χ2v) is 7.21. The highest BCUT2D eigenvalue weighted by Crippen LogP contribution is 2.41. The van der Waals surface area contributed by atoms with Crippen molar-refractivity contribution >= 4 is 0 Å². The molecule has 122 valence electrons. The number of benzene rings is 1. The number of aryl methyl sites for hydroxylation is 1. The van der Waals surface area contributed by atoms with Gasteiger partial charge >= 0.3 is 0 Å². The van der Waals surface area contributed by atoms with Crippen LogP contribution in [0, 0.1) is 0 Å². The fraction of sp³-hybridized carbons (Fsp3) is 0.579. The van der Waals surface area contributed by atoms with E-state index in [1.807, 2.05) is 0 Å². The van der Waals surface area contributed by atoms with Crippen molar-refractivity contribution in [2.75, 3.05) is 13.1 Å². The van der Waals surface area contributed by atoms with Crippen LogP contribution in [-0.4, -0.2) is 38.5 Å². The maximum Gasteiger partial charge on any atom is 0.0898 e. The molecule has 0 spiro atoms. The Morgan fingerprint density at radius 2 is 1.87 bits per heavy atom. The SMILES string of the molecule is C[C@@H](c1ccccc1)c1cn(CCC23CCCN2CCC3)nn1. The Morgan fingerprint density at radius 3 is 2.61 bits per heavy atom. The number of hydrogen-bond donors (Lipinski definition) is 0. The van der Waals surface area contributed by atoms with Gasteiger partial charge in [-0.15, -0.1) is 5.10 Å². The fourth-order valence-corrected chi connectivity index (χ4v) is 4.49. The van der Waals surface area contributed by atoms with Crippen LogP contribution in [0.1, 0.15) is 56.2 Å². The minimum Gasteiger partial charge on any atom is -0.298 e. The van der Waals surface area contributed by atoms with E-state index in [1.165, 1.54) is 50.8 Å². The average molecular weight is 310 g/mol. The normalized spacial score (nSPS) is 21.4. The molecule has 2 aliphatic heterocycles. The Kier molecular flexibility index (Phi) is 3.93. The Balaban J connectivity index is 1.42. The molecule has 3 heterocycles. The lowest BCUT2D eigenvalue weighted by atomic mass is 9.90. The molecule has 1 atom stereocenters. The highest BCUT2D eigenvalue weighted by atomic mass is 15.4. The molecule has 0 N–H and O–H groups in total. The standard InChI is InChI=1S/C19H26N4/c1-16(17-7-3-2-4-8-17)18-15-23(21-20-18)14-11-19-9-5-12-22(19)13-6-10-19/h2-4,7-8,15-16H,5-6,9-14H2,1H3/t16-/m0/s1. The van der Waals surface area contributed by atoms with Crippen molar-refractivity contribution < 1.29 is 0 Å². The number of hydrogen-bond acceptors (Lipinski definition) is 3. The molecular formula is C19H26N4. The van der Waals surface area contributed by atoms with Gasteiger partial charge in [0.1, 0.15) is 0 Å². The predicted octanol–water partition coefficient (Wildman–Crippen LogP) is 3.45. The molecule has 0 bridgehead atoms. The first-order chi connectivity index (χ1) is 11.3. The van der Waals surface area contributed by atoms with E-state index in [-0.39, 0.29) is 0 Å². The van der Waals surface area contributed by atoms with Gasteiger partial charge in [-0.25, -0.2) is 0 Å². The van der Waals surface area contributed by atoms with Gasteiger partial charge in [0.05, 0.1) is 5.69 Å². The van der Waals surface area contributed by atoms with Crippen molar-refractivity contribution in [2.45, 2.75) is 57.0 Å². The molecule has 4 heteroatoms. The monoisotopic (exact) mass is 310 g/mol. The molecule has 1 aromatic carbocycles. The average Bonchev–Trinajstić information content (AvgIpc) is 3.28. The van der Waals surface area contributed by atoms with Gasteiger partial charge in [-0.05, 0) is 50.8 Å². The summed E-state index contributed by atoms with van der Waals surface area (Å²) in [5.74, 6) is 0.303. The third kappa shape index (κ3) is 2.80. The maximum atomic E-state index is 4.42. The highest BCUT2D eigenvalue weighted by Gasteiger charge is 2.43. The summed E-state index contributed by atoms with van der Waals surface area (Å²) in [6.45, 7) is 5.80. The molecule has 4 rings (SSSR count). The highest BCUT2D eigenvalue weighted by molar-refractivity contribution is 5.25. The van der Waals surface area contributed by atoms with E-state index in [2.05, 4.69) is 63.3 Å². The summed E-state index contributed by atoms with van der Waals surface area (Å²) in [5.41, 5.74) is 2.84. The topological polar surface area (TPSA) is 34.0 Å². The molecule has 2 aromatic rings. The van der Waals surface area contributed by atoms with Crippen molar-refractivity contribution in [3.8, 4) is 0 Å². The van der Waals surface area contributed by atoms with Crippen LogP contribution in [-0.2, 0) is 6.54 Å². The first-order valence-corrected chi connectivity index (χ1v) is 8.97. The first kappa shape index (κ1) is 14.9. The first-order valence-electron chi connectivity index (χ1n) is 8.97. The molecular weight excluding hydrogens is 284 g/mol. The number of fused-ring (bicyclic) bond motifs is 1. The predicted molar refractivity (Wildman–Crippen MR) is 91.4 cm³/mol. The summed E-state index contributed by atoms with van der Waals surface area (Å²) in [5, 5.41) is 8.80. The van der Waals surface area contributed by atoms with Crippen LogP contribution < -0.4 is 0 Å². The second kappa shape index (κ2) is 6.08. The molecule has 4 nitrogen and oxygen atoms in total. The number of aromatic nitrogens is 3. The number of nitrogens with zero attached hydrogens (tertiary/aromatic N) is 4. The minimum atomic E-state index is 0.303. The third-order valence-electron chi connectivity index (χ3n) is 5.92. The summed E-state index contributed by atoms with van der Waals surface area (Å²) in [7, 11) is 0. The Labute approximate surface area is 138 Å². The molecule has 2 fully saturated rings. The second-order valence-electron chi connectivity index (χ2n) is 7.21. The molecule has 2 saturated heterocycles. The Morgan fingerprint density at radius 1 is 1.13 bits per heavy atom. The quantitative estimate of drug-likeness (QED) is 0.848. The Bertz CT molecular complexity index is 638. The van der Waals surface area contributed by atoms with Crippen molar-refractivity contribution in [3.05, 3.63) is 47.8 Å².